The Hall–Kier alpha value is -2.16. The van der Waals surface area contributed by atoms with E-state index in [0.717, 1.165) is 6.42 Å². The number of hydrogen-bond donors (Lipinski definition) is 0. The van der Waals surface area contributed by atoms with E-state index < -0.39 is 0 Å². The molecule has 3 heteroatoms. The van der Waals surface area contributed by atoms with Crippen LogP contribution < -0.4 is 0 Å². The topological polar surface area (TPSA) is 33.2 Å². The second-order valence-electron chi connectivity index (χ2n) is 5.89. The fraction of sp³-hybridized carbons (Fsp3) is 0.294. The molecule has 0 spiro atoms. The van der Waals surface area contributed by atoms with Crippen molar-refractivity contribution in [3.8, 4) is 0 Å². The highest BCUT2D eigenvalue weighted by molar-refractivity contribution is 5.94. The zero-order chi connectivity index (χ0) is 14.2. The molecule has 102 valence electrons. The molecule has 0 atom stereocenters. The third kappa shape index (κ3) is 2.20. The van der Waals surface area contributed by atoms with E-state index >= 15 is 0 Å². The Bertz CT molecular complexity index is 634. The molecule has 0 radical (unpaired) electrons. The van der Waals surface area contributed by atoms with Crippen molar-refractivity contribution in [1.29, 1.82) is 0 Å². The standard InChI is InChI=1S/C17H18N2O/c1-17(2)11-14-5-3-4-6-15(14)12-19(17)16(20)13-7-9-18-10-8-13/h3-10H,11-12H2,1-2H3. The SMILES string of the molecule is CC1(C)Cc2ccccc2CN1C(=O)c1ccncc1. The molecule has 0 saturated carbocycles. The Morgan fingerprint density at radius 3 is 2.45 bits per heavy atom. The van der Waals surface area contributed by atoms with Crippen LogP contribution in [0.1, 0.15) is 35.3 Å². The van der Waals surface area contributed by atoms with Gasteiger partial charge in [0, 0.05) is 30.0 Å². The van der Waals surface area contributed by atoms with Gasteiger partial charge in [0.15, 0.2) is 0 Å². The Balaban J connectivity index is 1.96. The molecule has 1 aromatic heterocycles. The van der Waals surface area contributed by atoms with E-state index in [2.05, 4.69) is 37.0 Å². The Morgan fingerprint density at radius 2 is 1.75 bits per heavy atom. The maximum atomic E-state index is 12.7. The first-order chi connectivity index (χ1) is 9.58. The summed E-state index contributed by atoms with van der Waals surface area (Å²) in [6, 6.07) is 11.9. The molecule has 0 fully saturated rings. The van der Waals surface area contributed by atoms with Crippen LogP contribution in [-0.2, 0) is 13.0 Å². The van der Waals surface area contributed by atoms with E-state index in [0.29, 0.717) is 12.1 Å². The number of amides is 1. The van der Waals surface area contributed by atoms with Gasteiger partial charge in [0.05, 0.1) is 0 Å². The number of rotatable bonds is 1. The number of carbonyl (C=O) groups excluding carboxylic acids is 1. The summed E-state index contributed by atoms with van der Waals surface area (Å²) >= 11 is 0. The van der Waals surface area contributed by atoms with Gasteiger partial charge in [-0.2, -0.15) is 0 Å². The van der Waals surface area contributed by atoms with E-state index in [1.165, 1.54) is 11.1 Å². The van der Waals surface area contributed by atoms with Crippen LogP contribution in [0.4, 0.5) is 0 Å². The molecule has 0 saturated heterocycles. The van der Waals surface area contributed by atoms with E-state index in [1.807, 2.05) is 11.0 Å². The minimum absolute atomic E-state index is 0.0758. The minimum atomic E-state index is -0.172. The summed E-state index contributed by atoms with van der Waals surface area (Å²) in [5.74, 6) is 0.0758. The maximum absolute atomic E-state index is 12.7. The lowest BCUT2D eigenvalue weighted by atomic mass is 9.85. The lowest BCUT2D eigenvalue weighted by Crippen LogP contribution is -2.51. The van der Waals surface area contributed by atoms with E-state index in [-0.39, 0.29) is 11.4 Å². The molecule has 0 unspecified atom stereocenters. The number of carbonyl (C=O) groups is 1. The summed E-state index contributed by atoms with van der Waals surface area (Å²) in [5, 5.41) is 0. The zero-order valence-electron chi connectivity index (χ0n) is 11.8. The van der Waals surface area contributed by atoms with Crippen molar-refractivity contribution in [1.82, 2.24) is 9.88 Å². The maximum Gasteiger partial charge on any atom is 0.254 e. The van der Waals surface area contributed by atoms with Crippen LogP contribution >= 0.6 is 0 Å². The average molecular weight is 266 g/mol. The van der Waals surface area contributed by atoms with Crippen molar-refractivity contribution in [2.24, 2.45) is 0 Å². The van der Waals surface area contributed by atoms with Gasteiger partial charge in [0.25, 0.3) is 5.91 Å². The van der Waals surface area contributed by atoms with E-state index in [9.17, 15) is 4.79 Å². The Labute approximate surface area is 119 Å². The summed E-state index contributed by atoms with van der Waals surface area (Å²) in [6.45, 7) is 4.92. The van der Waals surface area contributed by atoms with Gasteiger partial charge in [0.2, 0.25) is 0 Å². The fourth-order valence-corrected chi connectivity index (χ4v) is 2.83. The lowest BCUT2D eigenvalue weighted by Gasteiger charge is -2.43. The first-order valence-corrected chi connectivity index (χ1v) is 6.87. The highest BCUT2D eigenvalue weighted by Gasteiger charge is 2.36. The number of fused-ring (bicyclic) bond motifs is 1. The first-order valence-electron chi connectivity index (χ1n) is 6.87. The number of aromatic nitrogens is 1. The predicted octanol–water partition coefficient (Wildman–Crippen LogP) is 3.06. The summed E-state index contributed by atoms with van der Waals surface area (Å²) in [6.07, 6.45) is 4.22. The van der Waals surface area contributed by atoms with Crippen molar-refractivity contribution in [3.05, 3.63) is 65.5 Å². The van der Waals surface area contributed by atoms with Crippen LogP contribution in [-0.4, -0.2) is 21.3 Å². The third-order valence-electron chi connectivity index (χ3n) is 3.97. The Morgan fingerprint density at radius 1 is 1.10 bits per heavy atom. The highest BCUT2D eigenvalue weighted by atomic mass is 16.2. The monoisotopic (exact) mass is 266 g/mol. The number of hydrogen-bond acceptors (Lipinski definition) is 2. The van der Waals surface area contributed by atoms with Crippen LogP contribution in [0.3, 0.4) is 0 Å². The molecule has 1 aromatic carbocycles. The zero-order valence-corrected chi connectivity index (χ0v) is 11.8. The molecule has 0 aliphatic carbocycles. The molecular weight excluding hydrogens is 248 g/mol. The van der Waals surface area contributed by atoms with Crippen molar-refractivity contribution < 1.29 is 4.79 Å². The van der Waals surface area contributed by atoms with E-state index in [4.69, 9.17) is 0 Å². The van der Waals surface area contributed by atoms with Gasteiger partial charge in [-0.3, -0.25) is 9.78 Å². The number of benzene rings is 1. The second kappa shape index (κ2) is 4.75. The minimum Gasteiger partial charge on any atom is -0.329 e. The quantitative estimate of drug-likeness (QED) is 0.794. The largest absolute Gasteiger partial charge is 0.329 e. The van der Waals surface area contributed by atoms with Crippen LogP contribution in [0.25, 0.3) is 0 Å². The molecule has 3 nitrogen and oxygen atoms in total. The van der Waals surface area contributed by atoms with Crippen molar-refractivity contribution in [2.45, 2.75) is 32.4 Å². The molecule has 3 rings (SSSR count). The molecule has 1 aliphatic rings. The Kier molecular flexibility index (Phi) is 3.05. The normalized spacial score (nSPS) is 16.6. The van der Waals surface area contributed by atoms with Crippen LogP contribution in [0, 0.1) is 0 Å². The lowest BCUT2D eigenvalue weighted by molar-refractivity contribution is 0.0488. The van der Waals surface area contributed by atoms with Crippen molar-refractivity contribution in [2.75, 3.05) is 0 Å². The third-order valence-corrected chi connectivity index (χ3v) is 3.97. The number of pyridine rings is 1. The molecule has 0 N–H and O–H groups in total. The average Bonchev–Trinajstić information content (AvgIpc) is 2.46. The summed E-state index contributed by atoms with van der Waals surface area (Å²) in [5.41, 5.74) is 3.12. The summed E-state index contributed by atoms with van der Waals surface area (Å²) in [7, 11) is 0. The van der Waals surface area contributed by atoms with Gasteiger partial charge < -0.3 is 4.90 Å². The van der Waals surface area contributed by atoms with Gasteiger partial charge in [-0.25, -0.2) is 0 Å². The molecule has 1 aliphatic heterocycles. The molecule has 0 bridgehead atoms. The second-order valence-corrected chi connectivity index (χ2v) is 5.89. The molecule has 2 aromatic rings. The van der Waals surface area contributed by atoms with Crippen LogP contribution in [0.5, 0.6) is 0 Å². The molecule has 1 amide bonds. The van der Waals surface area contributed by atoms with Gasteiger partial charge in [0.1, 0.15) is 0 Å². The van der Waals surface area contributed by atoms with E-state index in [1.54, 1.807) is 24.5 Å². The molecular formula is C17H18N2O. The van der Waals surface area contributed by atoms with Crippen LogP contribution in [0.15, 0.2) is 48.8 Å². The predicted molar refractivity (Wildman–Crippen MR) is 78.3 cm³/mol. The molecule has 2 heterocycles. The van der Waals surface area contributed by atoms with Gasteiger partial charge in [-0.15, -0.1) is 0 Å². The summed E-state index contributed by atoms with van der Waals surface area (Å²) < 4.78 is 0. The summed E-state index contributed by atoms with van der Waals surface area (Å²) in [4.78, 5) is 18.7. The van der Waals surface area contributed by atoms with Gasteiger partial charge in [-0.1, -0.05) is 24.3 Å². The van der Waals surface area contributed by atoms with Crippen LogP contribution in [0.2, 0.25) is 0 Å². The smallest absolute Gasteiger partial charge is 0.254 e. The molecule has 20 heavy (non-hydrogen) atoms. The number of nitrogens with zero attached hydrogens (tertiary/aromatic N) is 2. The van der Waals surface area contributed by atoms with Gasteiger partial charge >= 0.3 is 0 Å². The van der Waals surface area contributed by atoms with Crippen molar-refractivity contribution >= 4 is 5.91 Å². The fourth-order valence-electron chi connectivity index (χ4n) is 2.83. The highest BCUT2D eigenvalue weighted by Crippen LogP contribution is 2.31. The van der Waals surface area contributed by atoms with Crippen molar-refractivity contribution in [3.63, 3.8) is 0 Å². The first kappa shape index (κ1) is 12.9. The van der Waals surface area contributed by atoms with Gasteiger partial charge in [-0.05, 0) is 43.5 Å².